The average molecular weight is 355 g/mol. The smallest absolute Gasteiger partial charge is 0.262 e. The molecule has 0 radical (unpaired) electrons. The summed E-state index contributed by atoms with van der Waals surface area (Å²) in [6, 6.07) is 11.9. The topological polar surface area (TPSA) is 63.2 Å². The van der Waals surface area contributed by atoms with Crippen molar-refractivity contribution in [3.63, 3.8) is 0 Å². The Labute approximate surface area is 147 Å². The van der Waals surface area contributed by atoms with E-state index < -0.39 is 0 Å². The van der Waals surface area contributed by atoms with Crippen LogP contribution < -0.4 is 15.4 Å². The summed E-state index contributed by atoms with van der Waals surface area (Å²) >= 11 is 1.49. The number of nitrogens with zero attached hydrogens (tertiary/aromatic N) is 1. The van der Waals surface area contributed by atoms with Gasteiger partial charge >= 0.3 is 0 Å². The molecular formula is C18H14FN3O2S. The molecule has 0 atom stereocenters. The minimum absolute atomic E-state index is 0.0422. The molecule has 25 heavy (non-hydrogen) atoms. The van der Waals surface area contributed by atoms with Gasteiger partial charge in [-0.15, -0.1) is 11.3 Å². The van der Waals surface area contributed by atoms with Crippen molar-refractivity contribution in [3.8, 4) is 17.0 Å². The van der Waals surface area contributed by atoms with Crippen LogP contribution in [-0.2, 0) is 11.3 Å². The average Bonchev–Trinajstić information content (AvgIpc) is 3.09. The summed E-state index contributed by atoms with van der Waals surface area (Å²) < 4.78 is 18.3. The minimum Gasteiger partial charge on any atom is -0.482 e. The number of anilines is 2. The van der Waals surface area contributed by atoms with Crippen molar-refractivity contribution in [2.45, 2.75) is 6.54 Å². The fourth-order valence-electron chi connectivity index (χ4n) is 2.51. The first-order valence-electron chi connectivity index (χ1n) is 7.68. The third-order valence-electron chi connectivity index (χ3n) is 3.77. The van der Waals surface area contributed by atoms with Gasteiger partial charge in [-0.2, -0.15) is 0 Å². The van der Waals surface area contributed by atoms with Crippen molar-refractivity contribution in [2.75, 3.05) is 17.2 Å². The van der Waals surface area contributed by atoms with E-state index in [1.54, 1.807) is 12.1 Å². The molecule has 0 fully saturated rings. The number of nitrogens with one attached hydrogen (secondary N) is 2. The standard InChI is InChI=1S/C18H14FN3O2S/c19-13-4-1-11(2-5-13)8-20-18-22-15(10-25-18)12-3-6-16-14(7-12)21-17(23)9-24-16/h1-7,10H,8-9H2,(H,20,22)(H,21,23). The molecule has 0 saturated heterocycles. The van der Waals surface area contributed by atoms with E-state index in [1.807, 2.05) is 23.6 Å². The van der Waals surface area contributed by atoms with Gasteiger partial charge in [0.25, 0.3) is 5.91 Å². The lowest BCUT2D eigenvalue weighted by Crippen LogP contribution is -2.25. The zero-order valence-corrected chi connectivity index (χ0v) is 13.9. The highest BCUT2D eigenvalue weighted by atomic mass is 32.1. The third-order valence-corrected chi connectivity index (χ3v) is 4.57. The molecule has 3 aromatic rings. The molecule has 1 amide bonds. The van der Waals surface area contributed by atoms with Crippen LogP contribution in [0.4, 0.5) is 15.2 Å². The van der Waals surface area contributed by atoms with Crippen molar-refractivity contribution >= 4 is 28.1 Å². The van der Waals surface area contributed by atoms with Gasteiger partial charge in [0, 0.05) is 17.5 Å². The summed E-state index contributed by atoms with van der Waals surface area (Å²) in [6.45, 7) is 0.613. The molecule has 0 aliphatic carbocycles. The zero-order valence-electron chi connectivity index (χ0n) is 13.1. The lowest BCUT2D eigenvalue weighted by Gasteiger charge is -2.18. The molecule has 1 aromatic heterocycles. The highest BCUT2D eigenvalue weighted by molar-refractivity contribution is 7.14. The number of rotatable bonds is 4. The maximum Gasteiger partial charge on any atom is 0.262 e. The second-order valence-corrected chi connectivity index (χ2v) is 6.42. The van der Waals surface area contributed by atoms with E-state index >= 15 is 0 Å². The van der Waals surface area contributed by atoms with E-state index in [-0.39, 0.29) is 18.3 Å². The Bertz CT molecular complexity index is 924. The summed E-state index contributed by atoms with van der Waals surface area (Å²) in [7, 11) is 0. The number of thiazole rings is 1. The molecular weight excluding hydrogens is 341 g/mol. The predicted molar refractivity (Wildman–Crippen MR) is 95.4 cm³/mol. The van der Waals surface area contributed by atoms with E-state index in [0.717, 1.165) is 22.0 Å². The van der Waals surface area contributed by atoms with Gasteiger partial charge in [0.2, 0.25) is 0 Å². The quantitative estimate of drug-likeness (QED) is 0.745. The monoisotopic (exact) mass is 355 g/mol. The molecule has 4 rings (SSSR count). The molecule has 2 aromatic carbocycles. The van der Waals surface area contributed by atoms with Gasteiger partial charge in [-0.3, -0.25) is 4.79 Å². The molecule has 126 valence electrons. The van der Waals surface area contributed by atoms with Crippen LogP contribution in [0.5, 0.6) is 5.75 Å². The molecule has 0 saturated carbocycles. The number of hydrogen-bond donors (Lipinski definition) is 2. The van der Waals surface area contributed by atoms with Crippen molar-refractivity contribution in [2.24, 2.45) is 0 Å². The van der Waals surface area contributed by atoms with Gasteiger partial charge in [-0.25, -0.2) is 9.37 Å². The molecule has 2 N–H and O–H groups in total. The summed E-state index contributed by atoms with van der Waals surface area (Å²) in [5, 5.41) is 8.74. The Morgan fingerprint density at radius 1 is 1.24 bits per heavy atom. The van der Waals surface area contributed by atoms with Gasteiger partial charge in [0.15, 0.2) is 11.7 Å². The Morgan fingerprint density at radius 2 is 2.08 bits per heavy atom. The lowest BCUT2D eigenvalue weighted by molar-refractivity contribution is -0.118. The SMILES string of the molecule is O=C1COc2ccc(-c3csc(NCc4ccc(F)cc4)n3)cc2N1. The predicted octanol–water partition coefficient (Wildman–Crippen LogP) is 3.89. The van der Waals surface area contributed by atoms with Gasteiger partial charge in [0.05, 0.1) is 11.4 Å². The maximum atomic E-state index is 12.9. The van der Waals surface area contributed by atoms with Crippen molar-refractivity contribution < 1.29 is 13.9 Å². The highest BCUT2D eigenvalue weighted by Gasteiger charge is 2.17. The summed E-state index contributed by atoms with van der Waals surface area (Å²) in [6.07, 6.45) is 0. The summed E-state index contributed by atoms with van der Waals surface area (Å²) in [5.41, 5.74) is 3.35. The lowest BCUT2D eigenvalue weighted by atomic mass is 10.1. The van der Waals surface area contributed by atoms with E-state index in [0.29, 0.717) is 18.0 Å². The Balaban J connectivity index is 1.48. The van der Waals surface area contributed by atoms with E-state index in [9.17, 15) is 9.18 Å². The van der Waals surface area contributed by atoms with Crippen LogP contribution in [0.15, 0.2) is 47.8 Å². The number of benzene rings is 2. The van der Waals surface area contributed by atoms with Crippen molar-refractivity contribution in [1.29, 1.82) is 0 Å². The van der Waals surface area contributed by atoms with Crippen LogP contribution in [0.2, 0.25) is 0 Å². The Hall–Kier alpha value is -2.93. The largest absolute Gasteiger partial charge is 0.482 e. The number of carbonyl (C=O) groups excluding carboxylic acids is 1. The van der Waals surface area contributed by atoms with Gasteiger partial charge in [-0.05, 0) is 35.9 Å². The normalized spacial score (nSPS) is 12.9. The number of fused-ring (bicyclic) bond motifs is 1. The van der Waals surface area contributed by atoms with Crippen LogP contribution in [-0.4, -0.2) is 17.5 Å². The fraction of sp³-hybridized carbons (Fsp3) is 0.111. The van der Waals surface area contributed by atoms with Crippen LogP contribution in [0.25, 0.3) is 11.3 Å². The van der Waals surface area contributed by atoms with Gasteiger partial charge in [0.1, 0.15) is 11.6 Å². The third kappa shape index (κ3) is 3.46. The first-order chi connectivity index (χ1) is 12.2. The van der Waals surface area contributed by atoms with Gasteiger partial charge in [-0.1, -0.05) is 12.1 Å². The minimum atomic E-state index is -0.247. The Kier molecular flexibility index (Phi) is 4.07. The first kappa shape index (κ1) is 15.6. The number of halogens is 1. The number of aromatic nitrogens is 1. The molecule has 1 aliphatic rings. The molecule has 1 aliphatic heterocycles. The van der Waals surface area contributed by atoms with Crippen LogP contribution >= 0.6 is 11.3 Å². The molecule has 5 nitrogen and oxygen atoms in total. The molecule has 0 unspecified atom stereocenters. The van der Waals surface area contributed by atoms with Crippen LogP contribution in [0.3, 0.4) is 0 Å². The summed E-state index contributed by atoms with van der Waals surface area (Å²) in [4.78, 5) is 16.0. The number of amides is 1. The van der Waals surface area contributed by atoms with Gasteiger partial charge < -0.3 is 15.4 Å². The zero-order chi connectivity index (χ0) is 17.2. The molecule has 7 heteroatoms. The second-order valence-electron chi connectivity index (χ2n) is 5.57. The van der Waals surface area contributed by atoms with E-state index in [1.165, 1.54) is 23.5 Å². The molecule has 2 heterocycles. The highest BCUT2D eigenvalue weighted by Crippen LogP contribution is 2.33. The number of carbonyl (C=O) groups is 1. The number of hydrogen-bond acceptors (Lipinski definition) is 5. The number of ether oxygens (including phenoxy) is 1. The Morgan fingerprint density at radius 3 is 2.92 bits per heavy atom. The van der Waals surface area contributed by atoms with Crippen LogP contribution in [0.1, 0.15) is 5.56 Å². The van der Waals surface area contributed by atoms with E-state index in [2.05, 4.69) is 15.6 Å². The molecule has 0 bridgehead atoms. The summed E-state index contributed by atoms with van der Waals surface area (Å²) in [5.74, 6) is 0.251. The maximum absolute atomic E-state index is 12.9. The van der Waals surface area contributed by atoms with E-state index in [4.69, 9.17) is 4.74 Å². The second kappa shape index (κ2) is 6.52. The van der Waals surface area contributed by atoms with Crippen molar-refractivity contribution in [1.82, 2.24) is 4.98 Å². The van der Waals surface area contributed by atoms with Crippen molar-refractivity contribution in [3.05, 3.63) is 59.2 Å². The molecule has 0 spiro atoms. The fourth-order valence-corrected chi connectivity index (χ4v) is 3.23. The van der Waals surface area contributed by atoms with Crippen LogP contribution in [0, 0.1) is 5.82 Å². The first-order valence-corrected chi connectivity index (χ1v) is 8.56.